The molecule has 0 aliphatic heterocycles. The quantitative estimate of drug-likeness (QED) is 0.540. The SMILES string of the molecule is Cc1cc(Oc2ccn3ccnc3c2)ccc1[N+](=O)[O-]. The number of imidazole rings is 1. The summed E-state index contributed by atoms with van der Waals surface area (Å²) < 4.78 is 7.56. The van der Waals surface area contributed by atoms with Crippen LogP contribution in [-0.4, -0.2) is 14.3 Å². The van der Waals surface area contributed by atoms with Crippen LogP contribution >= 0.6 is 0 Å². The third kappa shape index (κ3) is 2.18. The van der Waals surface area contributed by atoms with Crippen LogP contribution in [0.15, 0.2) is 48.9 Å². The van der Waals surface area contributed by atoms with Gasteiger partial charge in [0, 0.05) is 36.3 Å². The standard InChI is InChI=1S/C14H11N3O3/c1-10-8-11(2-3-13(10)17(18)19)20-12-4-6-16-7-5-15-14(16)9-12/h2-9H,1H3. The van der Waals surface area contributed by atoms with E-state index in [1.807, 2.05) is 22.9 Å². The van der Waals surface area contributed by atoms with E-state index in [1.54, 1.807) is 31.3 Å². The van der Waals surface area contributed by atoms with Crippen molar-refractivity contribution in [3.05, 3.63) is 64.6 Å². The molecule has 3 rings (SSSR count). The molecule has 0 aliphatic rings. The van der Waals surface area contributed by atoms with E-state index in [0.717, 1.165) is 5.65 Å². The number of rotatable bonds is 3. The van der Waals surface area contributed by atoms with Gasteiger partial charge in [0.1, 0.15) is 17.1 Å². The summed E-state index contributed by atoms with van der Waals surface area (Å²) in [7, 11) is 0. The maximum Gasteiger partial charge on any atom is 0.272 e. The minimum atomic E-state index is -0.407. The van der Waals surface area contributed by atoms with Crippen LogP contribution in [0.2, 0.25) is 0 Å². The van der Waals surface area contributed by atoms with Crippen molar-refractivity contribution in [1.29, 1.82) is 0 Å². The number of hydrogen-bond donors (Lipinski definition) is 0. The van der Waals surface area contributed by atoms with Crippen LogP contribution in [0.25, 0.3) is 5.65 Å². The first-order chi connectivity index (χ1) is 9.63. The average molecular weight is 269 g/mol. The number of nitro groups is 1. The number of aromatic nitrogens is 2. The second-order valence-corrected chi connectivity index (χ2v) is 4.36. The third-order valence-corrected chi connectivity index (χ3v) is 2.97. The maximum absolute atomic E-state index is 10.8. The Morgan fingerprint density at radius 2 is 2.00 bits per heavy atom. The lowest BCUT2D eigenvalue weighted by Gasteiger charge is -2.07. The van der Waals surface area contributed by atoms with E-state index < -0.39 is 4.92 Å². The van der Waals surface area contributed by atoms with E-state index in [4.69, 9.17) is 4.74 Å². The lowest BCUT2D eigenvalue weighted by molar-refractivity contribution is -0.385. The van der Waals surface area contributed by atoms with E-state index in [9.17, 15) is 10.1 Å². The van der Waals surface area contributed by atoms with Gasteiger partial charge in [0.2, 0.25) is 0 Å². The Morgan fingerprint density at radius 3 is 2.75 bits per heavy atom. The molecule has 3 aromatic rings. The molecule has 0 amide bonds. The first-order valence-corrected chi connectivity index (χ1v) is 5.99. The summed E-state index contributed by atoms with van der Waals surface area (Å²) in [5, 5.41) is 10.8. The fourth-order valence-corrected chi connectivity index (χ4v) is 1.99. The summed E-state index contributed by atoms with van der Waals surface area (Å²) in [4.78, 5) is 14.5. The van der Waals surface area contributed by atoms with Crippen molar-refractivity contribution in [2.45, 2.75) is 6.92 Å². The number of nitrogens with zero attached hydrogens (tertiary/aromatic N) is 3. The highest BCUT2D eigenvalue weighted by Crippen LogP contribution is 2.27. The Bertz CT molecular complexity index is 795. The molecule has 0 fully saturated rings. The molecular formula is C14H11N3O3. The van der Waals surface area contributed by atoms with Gasteiger partial charge in [0.05, 0.1) is 4.92 Å². The highest BCUT2D eigenvalue weighted by Gasteiger charge is 2.11. The van der Waals surface area contributed by atoms with Crippen molar-refractivity contribution in [1.82, 2.24) is 9.38 Å². The van der Waals surface area contributed by atoms with Gasteiger partial charge in [0.25, 0.3) is 5.69 Å². The van der Waals surface area contributed by atoms with E-state index in [0.29, 0.717) is 17.1 Å². The molecule has 0 saturated heterocycles. The van der Waals surface area contributed by atoms with Crippen molar-refractivity contribution >= 4 is 11.3 Å². The molecule has 20 heavy (non-hydrogen) atoms. The van der Waals surface area contributed by atoms with Crippen molar-refractivity contribution < 1.29 is 9.66 Å². The van der Waals surface area contributed by atoms with Crippen molar-refractivity contribution in [2.75, 3.05) is 0 Å². The molecule has 100 valence electrons. The molecular weight excluding hydrogens is 258 g/mol. The third-order valence-electron chi connectivity index (χ3n) is 2.97. The molecule has 0 atom stereocenters. The fourth-order valence-electron chi connectivity index (χ4n) is 1.99. The van der Waals surface area contributed by atoms with Gasteiger partial charge in [-0.15, -0.1) is 0 Å². The summed E-state index contributed by atoms with van der Waals surface area (Å²) in [5.74, 6) is 1.20. The van der Waals surface area contributed by atoms with Gasteiger partial charge in [-0.2, -0.15) is 0 Å². The second kappa shape index (κ2) is 4.65. The van der Waals surface area contributed by atoms with Gasteiger partial charge < -0.3 is 9.14 Å². The van der Waals surface area contributed by atoms with E-state index in [2.05, 4.69) is 4.98 Å². The summed E-state index contributed by atoms with van der Waals surface area (Å²) >= 11 is 0. The van der Waals surface area contributed by atoms with Gasteiger partial charge in [0.15, 0.2) is 0 Å². The number of fused-ring (bicyclic) bond motifs is 1. The molecule has 1 aromatic carbocycles. The largest absolute Gasteiger partial charge is 0.457 e. The van der Waals surface area contributed by atoms with Crippen LogP contribution < -0.4 is 4.74 Å². The molecule has 6 nitrogen and oxygen atoms in total. The number of nitro benzene ring substituents is 1. The number of hydrogen-bond acceptors (Lipinski definition) is 4. The fraction of sp³-hybridized carbons (Fsp3) is 0.0714. The summed E-state index contributed by atoms with van der Waals surface area (Å²) in [6, 6.07) is 8.29. The molecule has 2 aromatic heterocycles. The lowest BCUT2D eigenvalue weighted by atomic mass is 10.2. The second-order valence-electron chi connectivity index (χ2n) is 4.36. The zero-order chi connectivity index (χ0) is 14.1. The van der Waals surface area contributed by atoms with E-state index in [-0.39, 0.29) is 5.69 Å². The van der Waals surface area contributed by atoms with Crippen LogP contribution in [0, 0.1) is 17.0 Å². The normalized spacial score (nSPS) is 10.7. The van der Waals surface area contributed by atoms with Crippen LogP contribution in [0.1, 0.15) is 5.56 Å². The van der Waals surface area contributed by atoms with Gasteiger partial charge in [-0.25, -0.2) is 4.98 Å². The topological polar surface area (TPSA) is 69.7 Å². The molecule has 0 bridgehead atoms. The lowest BCUT2D eigenvalue weighted by Crippen LogP contribution is -1.93. The Kier molecular flexibility index (Phi) is 2.83. The molecule has 0 unspecified atom stereocenters. The van der Waals surface area contributed by atoms with Crippen LogP contribution in [0.4, 0.5) is 5.69 Å². The van der Waals surface area contributed by atoms with Crippen molar-refractivity contribution in [2.24, 2.45) is 0 Å². The average Bonchev–Trinajstić information content (AvgIpc) is 2.85. The first kappa shape index (κ1) is 12.2. The molecule has 0 N–H and O–H groups in total. The minimum absolute atomic E-state index is 0.0843. The molecule has 0 spiro atoms. The summed E-state index contributed by atoms with van der Waals surface area (Å²) in [6.07, 6.45) is 5.39. The van der Waals surface area contributed by atoms with Crippen LogP contribution in [0.5, 0.6) is 11.5 Å². The Balaban J connectivity index is 1.90. The van der Waals surface area contributed by atoms with Crippen LogP contribution in [-0.2, 0) is 0 Å². The first-order valence-electron chi connectivity index (χ1n) is 5.99. The predicted molar refractivity (Wildman–Crippen MR) is 73.1 cm³/mol. The zero-order valence-electron chi connectivity index (χ0n) is 10.7. The van der Waals surface area contributed by atoms with Crippen molar-refractivity contribution in [3.63, 3.8) is 0 Å². The molecule has 0 saturated carbocycles. The Hall–Kier alpha value is -2.89. The highest BCUT2D eigenvalue weighted by atomic mass is 16.6. The highest BCUT2D eigenvalue weighted by molar-refractivity contribution is 5.48. The number of benzene rings is 1. The summed E-state index contributed by atoms with van der Waals surface area (Å²) in [6.45, 7) is 1.68. The Labute approximate surface area is 114 Å². The summed E-state index contributed by atoms with van der Waals surface area (Å²) in [5.41, 5.74) is 1.43. The predicted octanol–water partition coefficient (Wildman–Crippen LogP) is 3.34. The number of ether oxygens (including phenoxy) is 1. The van der Waals surface area contributed by atoms with Gasteiger partial charge in [-0.1, -0.05) is 0 Å². The number of aryl methyl sites for hydroxylation is 1. The minimum Gasteiger partial charge on any atom is -0.457 e. The van der Waals surface area contributed by atoms with E-state index >= 15 is 0 Å². The maximum atomic E-state index is 10.8. The van der Waals surface area contributed by atoms with Crippen molar-refractivity contribution in [3.8, 4) is 11.5 Å². The molecule has 0 radical (unpaired) electrons. The van der Waals surface area contributed by atoms with Gasteiger partial charge in [-0.05, 0) is 25.1 Å². The van der Waals surface area contributed by atoms with Crippen LogP contribution in [0.3, 0.4) is 0 Å². The Morgan fingerprint density at radius 1 is 1.20 bits per heavy atom. The van der Waals surface area contributed by atoms with Gasteiger partial charge >= 0.3 is 0 Å². The monoisotopic (exact) mass is 269 g/mol. The molecule has 0 aliphatic carbocycles. The zero-order valence-corrected chi connectivity index (χ0v) is 10.7. The molecule has 2 heterocycles. The van der Waals surface area contributed by atoms with Gasteiger partial charge in [-0.3, -0.25) is 10.1 Å². The van der Waals surface area contributed by atoms with E-state index in [1.165, 1.54) is 6.07 Å². The smallest absolute Gasteiger partial charge is 0.272 e. The molecule has 6 heteroatoms. The number of pyridine rings is 1.